The molecule has 1 atom stereocenters. The van der Waals surface area contributed by atoms with Crippen LogP contribution in [-0.2, 0) is 9.53 Å². The van der Waals surface area contributed by atoms with Gasteiger partial charge in [0.1, 0.15) is 0 Å². The van der Waals surface area contributed by atoms with Crippen LogP contribution < -0.4 is 5.32 Å². The maximum Gasteiger partial charge on any atom is 0.337 e. The van der Waals surface area contributed by atoms with Gasteiger partial charge < -0.3 is 15.0 Å². The largest absolute Gasteiger partial charge is 0.466 e. The van der Waals surface area contributed by atoms with Gasteiger partial charge in [-0.25, -0.2) is 4.79 Å². The van der Waals surface area contributed by atoms with Crippen molar-refractivity contribution < 1.29 is 9.53 Å². The molecule has 4 nitrogen and oxygen atoms in total. The topological polar surface area (TPSA) is 41.6 Å². The van der Waals surface area contributed by atoms with E-state index in [4.69, 9.17) is 40.2 Å². The van der Waals surface area contributed by atoms with Crippen molar-refractivity contribution >= 4 is 46.5 Å². The van der Waals surface area contributed by atoms with E-state index in [0.29, 0.717) is 20.7 Å². The number of rotatable bonds is 2. The summed E-state index contributed by atoms with van der Waals surface area (Å²) in [5.41, 5.74) is 1.91. The molecule has 0 bridgehead atoms. The number of ether oxygens (including phenoxy) is 1. The Morgan fingerprint density at radius 1 is 1.43 bits per heavy atom. The maximum atomic E-state index is 12.1. The van der Waals surface area contributed by atoms with E-state index in [1.54, 1.807) is 30.1 Å². The van der Waals surface area contributed by atoms with Gasteiger partial charge in [-0.15, -0.1) is 0 Å². The Bertz CT molecular complexity index is 646. The standard InChI is InChI=1S/C14H14Cl2N2O2S/c1-7-11(13(19)20-3)12(17-14(21)18(7)2)9-5-4-8(15)6-10(9)16/h4-6,12H,1-3H3,(H,17,21)/t12-/m0/s1. The van der Waals surface area contributed by atoms with E-state index in [2.05, 4.69) is 5.32 Å². The minimum Gasteiger partial charge on any atom is -0.466 e. The highest BCUT2D eigenvalue weighted by molar-refractivity contribution is 7.80. The molecule has 0 saturated heterocycles. The number of methoxy groups -OCH3 is 1. The van der Waals surface area contributed by atoms with Crippen molar-refractivity contribution in [2.24, 2.45) is 0 Å². The van der Waals surface area contributed by atoms with Crippen molar-refractivity contribution in [3.63, 3.8) is 0 Å². The number of benzene rings is 1. The second-order valence-corrected chi connectivity index (χ2v) is 5.83. The average Bonchev–Trinajstić information content (AvgIpc) is 2.44. The molecule has 1 aliphatic rings. The molecule has 0 spiro atoms. The summed E-state index contributed by atoms with van der Waals surface area (Å²) in [6, 6.07) is 4.65. The average molecular weight is 345 g/mol. The number of hydrogen-bond acceptors (Lipinski definition) is 3. The molecule has 0 saturated carbocycles. The van der Waals surface area contributed by atoms with Crippen LogP contribution in [0.3, 0.4) is 0 Å². The molecule has 0 fully saturated rings. The molecule has 0 aliphatic carbocycles. The van der Waals surface area contributed by atoms with E-state index in [9.17, 15) is 4.79 Å². The first-order chi connectivity index (χ1) is 9.86. The van der Waals surface area contributed by atoms with Crippen LogP contribution in [0.5, 0.6) is 0 Å². The lowest BCUT2D eigenvalue weighted by molar-refractivity contribution is -0.136. The lowest BCUT2D eigenvalue weighted by Gasteiger charge is -2.35. The van der Waals surface area contributed by atoms with Crippen molar-refractivity contribution in [1.29, 1.82) is 0 Å². The third-order valence-electron chi connectivity index (χ3n) is 3.43. The van der Waals surface area contributed by atoms with E-state index in [1.807, 2.05) is 6.92 Å². The molecule has 2 rings (SSSR count). The smallest absolute Gasteiger partial charge is 0.337 e. The van der Waals surface area contributed by atoms with Crippen LogP contribution in [0.2, 0.25) is 10.0 Å². The van der Waals surface area contributed by atoms with E-state index < -0.39 is 12.0 Å². The molecule has 0 unspecified atom stereocenters. The highest BCUT2D eigenvalue weighted by Crippen LogP contribution is 2.35. The Hall–Kier alpha value is -1.30. The van der Waals surface area contributed by atoms with Crippen LogP contribution in [0.1, 0.15) is 18.5 Å². The first-order valence-electron chi connectivity index (χ1n) is 6.15. The monoisotopic (exact) mass is 344 g/mol. The maximum absolute atomic E-state index is 12.1. The Balaban J connectivity index is 2.59. The second kappa shape index (κ2) is 6.22. The summed E-state index contributed by atoms with van der Waals surface area (Å²) in [4.78, 5) is 13.9. The molecular formula is C14H14Cl2N2O2S. The van der Waals surface area contributed by atoms with Gasteiger partial charge in [0.15, 0.2) is 5.11 Å². The lowest BCUT2D eigenvalue weighted by Crippen LogP contribution is -2.46. The molecule has 1 aliphatic heterocycles. The molecule has 1 heterocycles. The SMILES string of the molecule is COC(=O)C1=C(C)N(C)C(=S)N[C@H]1c1ccc(Cl)cc1Cl. The lowest BCUT2D eigenvalue weighted by atomic mass is 9.95. The second-order valence-electron chi connectivity index (χ2n) is 4.60. The number of nitrogens with one attached hydrogen (secondary N) is 1. The predicted molar refractivity (Wildman–Crippen MR) is 87.4 cm³/mol. The van der Waals surface area contributed by atoms with Crippen LogP contribution in [0.15, 0.2) is 29.5 Å². The number of carbonyl (C=O) groups is 1. The molecule has 7 heteroatoms. The van der Waals surface area contributed by atoms with Crippen LogP contribution in [0.4, 0.5) is 0 Å². The fourth-order valence-corrected chi connectivity index (χ4v) is 2.95. The van der Waals surface area contributed by atoms with Crippen molar-refractivity contribution in [2.75, 3.05) is 14.2 Å². The Morgan fingerprint density at radius 3 is 2.67 bits per heavy atom. The van der Waals surface area contributed by atoms with Gasteiger partial charge in [0, 0.05) is 22.8 Å². The van der Waals surface area contributed by atoms with Crippen molar-refractivity contribution in [1.82, 2.24) is 10.2 Å². The summed E-state index contributed by atoms with van der Waals surface area (Å²) < 4.78 is 4.88. The van der Waals surface area contributed by atoms with Crippen molar-refractivity contribution in [2.45, 2.75) is 13.0 Å². The molecule has 0 amide bonds. The molecule has 1 aromatic carbocycles. The predicted octanol–water partition coefficient (Wildman–Crippen LogP) is 3.30. The van der Waals surface area contributed by atoms with Gasteiger partial charge in [0.05, 0.1) is 18.7 Å². The third-order valence-corrected chi connectivity index (χ3v) is 4.39. The Labute approximate surface area is 138 Å². The van der Waals surface area contributed by atoms with E-state index >= 15 is 0 Å². The van der Waals surface area contributed by atoms with Crippen LogP contribution in [-0.4, -0.2) is 30.1 Å². The molecule has 112 valence electrons. The zero-order valence-corrected chi connectivity index (χ0v) is 14.1. The summed E-state index contributed by atoms with van der Waals surface area (Å²) >= 11 is 17.5. The number of thiocarbonyl (C=S) groups is 1. The van der Waals surface area contributed by atoms with Gasteiger partial charge in [0.2, 0.25) is 0 Å². The number of nitrogens with zero attached hydrogens (tertiary/aromatic N) is 1. The fourth-order valence-electron chi connectivity index (χ4n) is 2.18. The molecule has 21 heavy (non-hydrogen) atoms. The third kappa shape index (κ3) is 3.00. The summed E-state index contributed by atoms with van der Waals surface area (Å²) in [6.07, 6.45) is 0. The number of carbonyl (C=O) groups excluding carboxylic acids is 1. The van der Waals surface area contributed by atoms with Gasteiger partial charge in [-0.05, 0) is 36.8 Å². The zero-order valence-electron chi connectivity index (χ0n) is 11.7. The summed E-state index contributed by atoms with van der Waals surface area (Å²) in [7, 11) is 3.13. The molecular weight excluding hydrogens is 331 g/mol. The van der Waals surface area contributed by atoms with Crippen LogP contribution in [0.25, 0.3) is 0 Å². The quantitative estimate of drug-likeness (QED) is 0.658. The zero-order chi connectivity index (χ0) is 15.7. The fraction of sp³-hybridized carbons (Fsp3) is 0.286. The van der Waals surface area contributed by atoms with Gasteiger partial charge in [-0.2, -0.15) is 0 Å². The highest BCUT2D eigenvalue weighted by Gasteiger charge is 2.34. The molecule has 1 N–H and O–H groups in total. The normalized spacial score (nSPS) is 18.6. The number of halogens is 2. The number of esters is 1. The molecule has 0 radical (unpaired) electrons. The Morgan fingerprint density at radius 2 is 2.10 bits per heavy atom. The van der Waals surface area contributed by atoms with Crippen LogP contribution >= 0.6 is 35.4 Å². The van der Waals surface area contributed by atoms with Crippen molar-refractivity contribution in [3.05, 3.63) is 45.1 Å². The van der Waals surface area contributed by atoms with E-state index in [-0.39, 0.29) is 0 Å². The van der Waals surface area contributed by atoms with Gasteiger partial charge in [0.25, 0.3) is 0 Å². The molecule has 1 aromatic rings. The van der Waals surface area contributed by atoms with Gasteiger partial charge in [-0.1, -0.05) is 29.3 Å². The molecule has 0 aromatic heterocycles. The number of allylic oxidation sites excluding steroid dienone is 1. The van der Waals surface area contributed by atoms with Crippen LogP contribution in [0, 0.1) is 0 Å². The number of hydrogen-bond donors (Lipinski definition) is 1. The summed E-state index contributed by atoms with van der Waals surface area (Å²) in [5, 5.41) is 4.61. The van der Waals surface area contributed by atoms with Gasteiger partial charge >= 0.3 is 5.97 Å². The first kappa shape index (κ1) is 16.1. The minimum absolute atomic E-state index is 0.426. The van der Waals surface area contributed by atoms with E-state index in [0.717, 1.165) is 11.3 Å². The summed E-state index contributed by atoms with van der Waals surface area (Å²) in [5.74, 6) is -0.426. The van der Waals surface area contributed by atoms with E-state index in [1.165, 1.54) is 7.11 Å². The Kier molecular flexibility index (Phi) is 4.76. The van der Waals surface area contributed by atoms with Crippen molar-refractivity contribution in [3.8, 4) is 0 Å². The highest BCUT2D eigenvalue weighted by atomic mass is 35.5. The summed E-state index contributed by atoms with van der Waals surface area (Å²) in [6.45, 7) is 1.82. The van der Waals surface area contributed by atoms with Gasteiger partial charge in [-0.3, -0.25) is 0 Å². The first-order valence-corrected chi connectivity index (χ1v) is 7.31. The minimum atomic E-state index is -0.467.